The number of thiol groups is 1. The summed E-state index contributed by atoms with van der Waals surface area (Å²) in [7, 11) is -3.32. The Labute approximate surface area is 170 Å². The van der Waals surface area contributed by atoms with E-state index < -0.39 is 34.3 Å². The first-order chi connectivity index (χ1) is 13.9. The lowest BCUT2D eigenvalue weighted by molar-refractivity contribution is -0.116. The molecular formula is C16H16FN5O5S2. The number of hydrogen-bond acceptors (Lipinski definition) is 8. The van der Waals surface area contributed by atoms with Crippen molar-refractivity contribution in [3.05, 3.63) is 35.2 Å². The molecule has 1 aliphatic rings. The monoisotopic (exact) mass is 441 g/mol. The maximum absolute atomic E-state index is 14.5. The minimum absolute atomic E-state index is 0.106. The minimum atomic E-state index is -3.32. The van der Waals surface area contributed by atoms with E-state index in [0.717, 1.165) is 29.8 Å². The number of nitrogens with one attached hydrogen (secondary N) is 2. The number of amides is 1. The number of aromatic nitrogens is 1. The Morgan fingerprint density at radius 3 is 2.79 bits per heavy atom. The predicted octanol–water partition coefficient (Wildman–Crippen LogP) is 1.37. The number of anilines is 3. The van der Waals surface area contributed by atoms with Crippen LogP contribution in [0.5, 0.6) is 0 Å². The van der Waals surface area contributed by atoms with E-state index in [2.05, 4.69) is 20.6 Å². The number of rotatable bonds is 8. The van der Waals surface area contributed by atoms with E-state index in [1.165, 1.54) is 17.6 Å². The van der Waals surface area contributed by atoms with E-state index in [-0.39, 0.29) is 22.8 Å². The van der Waals surface area contributed by atoms with Gasteiger partial charge in [0.2, 0.25) is 16.8 Å². The molecule has 0 atom stereocenters. The molecule has 0 fully saturated rings. The number of hydrogen-bond donors (Lipinski definition) is 4. The first-order valence-corrected chi connectivity index (χ1v) is 10.4. The van der Waals surface area contributed by atoms with Gasteiger partial charge in [0.05, 0.1) is 29.3 Å². The summed E-state index contributed by atoms with van der Waals surface area (Å²) >= 11 is 0.789. The van der Waals surface area contributed by atoms with Gasteiger partial charge in [-0.3, -0.25) is 9.79 Å². The van der Waals surface area contributed by atoms with Gasteiger partial charge < -0.3 is 15.7 Å². The molecule has 10 nitrogen and oxygen atoms in total. The van der Waals surface area contributed by atoms with Crippen molar-refractivity contribution in [3.63, 3.8) is 0 Å². The highest BCUT2D eigenvalue weighted by molar-refractivity contribution is 7.74. The summed E-state index contributed by atoms with van der Waals surface area (Å²) in [4.78, 5) is 31.0. The third-order valence-corrected chi connectivity index (χ3v) is 5.61. The lowest BCUT2D eigenvalue weighted by Gasteiger charge is -2.17. The molecule has 1 amide bonds. The number of carbonyl (C=O) groups excluding carboxylic acids is 1. The van der Waals surface area contributed by atoms with Crippen LogP contribution < -0.4 is 14.9 Å². The summed E-state index contributed by atoms with van der Waals surface area (Å²) in [6.07, 6.45) is 0.508. The van der Waals surface area contributed by atoms with Crippen LogP contribution in [0.3, 0.4) is 0 Å². The molecular weight excluding hydrogens is 425 g/mol. The van der Waals surface area contributed by atoms with Crippen LogP contribution >= 0.6 is 11.3 Å². The summed E-state index contributed by atoms with van der Waals surface area (Å²) in [5, 5.41) is 14.4. The molecule has 0 bridgehead atoms. The van der Waals surface area contributed by atoms with Crippen molar-refractivity contribution in [1.82, 2.24) is 10.3 Å². The molecule has 0 saturated carbocycles. The van der Waals surface area contributed by atoms with Crippen molar-refractivity contribution in [3.8, 4) is 0 Å². The molecule has 1 aromatic carbocycles. The largest absolute Gasteiger partial charge is 0.476 e. The van der Waals surface area contributed by atoms with Crippen LogP contribution in [0.15, 0.2) is 28.7 Å². The van der Waals surface area contributed by atoms with Gasteiger partial charge in [-0.25, -0.2) is 26.9 Å². The number of aliphatic imine (C=N–C) groups is 1. The first-order valence-electron chi connectivity index (χ1n) is 8.34. The van der Waals surface area contributed by atoms with Crippen LogP contribution in [-0.4, -0.2) is 49.3 Å². The van der Waals surface area contributed by atoms with Crippen molar-refractivity contribution in [2.45, 2.75) is 12.8 Å². The zero-order valence-electron chi connectivity index (χ0n) is 14.8. The summed E-state index contributed by atoms with van der Waals surface area (Å²) in [5.74, 6) is -1.97. The van der Waals surface area contributed by atoms with E-state index >= 15 is 0 Å². The second-order valence-corrected chi connectivity index (χ2v) is 7.54. The third-order valence-electron chi connectivity index (χ3n) is 3.91. The maximum Gasteiger partial charge on any atom is 0.357 e. The van der Waals surface area contributed by atoms with Gasteiger partial charge >= 0.3 is 5.97 Å². The quantitative estimate of drug-likeness (QED) is 0.453. The highest BCUT2D eigenvalue weighted by Gasteiger charge is 2.23. The number of aromatic carboxylic acids is 1. The van der Waals surface area contributed by atoms with Crippen LogP contribution in [0.25, 0.3) is 0 Å². The van der Waals surface area contributed by atoms with Gasteiger partial charge in [0, 0.05) is 25.5 Å². The standard InChI is InChI=1S/C16H16FN5O5S2/c17-10-7-9(22(29(26)27)15-14(16(24)25)20-8-28-15)1-2-11(10)21-13(23)4-3-12-18-5-6-19-12/h1-2,7-8,29H,3-6H2,(H,18,19)(H,21,23)(H,24,25). The zero-order chi connectivity index (χ0) is 21.0. The molecule has 13 heteroatoms. The lowest BCUT2D eigenvalue weighted by Crippen LogP contribution is -2.21. The Balaban J connectivity index is 1.77. The number of amidine groups is 1. The summed E-state index contributed by atoms with van der Waals surface area (Å²) in [5.41, 5.74) is 0.478. The Morgan fingerprint density at radius 2 is 2.17 bits per heavy atom. The molecule has 0 unspecified atom stereocenters. The molecule has 1 aliphatic heterocycles. The SMILES string of the molecule is O=C(CCC1=NCCN1)Nc1ccc(N(c2scnc2C(=O)O)[SH](=O)=O)cc1F. The lowest BCUT2D eigenvalue weighted by atomic mass is 10.2. The topological polar surface area (TPSA) is 141 Å². The average Bonchev–Trinajstić information content (AvgIpc) is 3.34. The average molecular weight is 441 g/mol. The molecule has 0 spiro atoms. The van der Waals surface area contributed by atoms with Crippen molar-refractivity contribution in [2.75, 3.05) is 22.7 Å². The molecule has 2 aromatic rings. The van der Waals surface area contributed by atoms with Gasteiger partial charge in [-0.1, -0.05) is 0 Å². The van der Waals surface area contributed by atoms with Crippen molar-refractivity contribution in [1.29, 1.82) is 0 Å². The molecule has 0 saturated heterocycles. The smallest absolute Gasteiger partial charge is 0.357 e. The Bertz CT molecular complexity index is 1040. The van der Waals surface area contributed by atoms with E-state index in [0.29, 0.717) is 17.3 Å². The van der Waals surface area contributed by atoms with Crippen molar-refractivity contribution < 1.29 is 27.5 Å². The van der Waals surface area contributed by atoms with Gasteiger partial charge in [0.1, 0.15) is 10.8 Å². The fraction of sp³-hybridized carbons (Fsp3) is 0.250. The summed E-state index contributed by atoms with van der Waals surface area (Å²) < 4.78 is 38.5. The molecule has 3 rings (SSSR count). The van der Waals surface area contributed by atoms with Crippen LogP contribution in [-0.2, 0) is 15.7 Å². The molecule has 2 heterocycles. The number of nitrogens with zero attached hydrogens (tertiary/aromatic N) is 3. The number of carboxylic acids is 1. The highest BCUT2D eigenvalue weighted by Crippen LogP contribution is 2.34. The Kier molecular flexibility index (Phi) is 6.39. The second kappa shape index (κ2) is 8.96. The van der Waals surface area contributed by atoms with Crippen molar-refractivity contribution in [2.24, 2.45) is 4.99 Å². The van der Waals surface area contributed by atoms with Gasteiger partial charge in [-0.15, -0.1) is 11.3 Å². The number of thiazole rings is 1. The summed E-state index contributed by atoms with van der Waals surface area (Å²) in [6, 6.07) is 3.37. The fourth-order valence-corrected chi connectivity index (χ4v) is 4.23. The molecule has 29 heavy (non-hydrogen) atoms. The number of carbonyl (C=O) groups is 2. The van der Waals surface area contributed by atoms with E-state index in [1.54, 1.807) is 0 Å². The van der Waals surface area contributed by atoms with Crippen molar-refractivity contribution >= 4 is 56.3 Å². The summed E-state index contributed by atoms with van der Waals surface area (Å²) in [6.45, 7) is 1.39. The second-order valence-electron chi connectivity index (χ2n) is 5.83. The molecule has 154 valence electrons. The normalized spacial score (nSPS) is 13.1. The maximum atomic E-state index is 14.5. The molecule has 0 aliphatic carbocycles. The van der Waals surface area contributed by atoms with Gasteiger partial charge in [0.25, 0.3) is 0 Å². The minimum Gasteiger partial charge on any atom is -0.476 e. The Morgan fingerprint density at radius 1 is 1.38 bits per heavy atom. The van der Waals surface area contributed by atoms with Crippen LogP contribution in [0.2, 0.25) is 0 Å². The van der Waals surface area contributed by atoms with Crippen LogP contribution in [0.4, 0.5) is 20.8 Å². The molecule has 3 N–H and O–H groups in total. The number of carboxylic acid groups (broad SMARTS) is 1. The van der Waals surface area contributed by atoms with Crippen LogP contribution in [0.1, 0.15) is 23.3 Å². The van der Waals surface area contributed by atoms with Crippen LogP contribution in [0, 0.1) is 5.82 Å². The Hall–Kier alpha value is -3.06. The fourth-order valence-electron chi connectivity index (χ4n) is 2.62. The first kappa shape index (κ1) is 20.7. The predicted molar refractivity (Wildman–Crippen MR) is 106 cm³/mol. The number of benzene rings is 1. The molecule has 0 radical (unpaired) electrons. The number of halogens is 1. The van der Waals surface area contributed by atoms with Gasteiger partial charge in [-0.2, -0.15) is 0 Å². The zero-order valence-corrected chi connectivity index (χ0v) is 16.5. The highest BCUT2D eigenvalue weighted by atomic mass is 32.2. The van der Waals surface area contributed by atoms with E-state index in [9.17, 15) is 22.4 Å². The van der Waals surface area contributed by atoms with E-state index in [4.69, 9.17) is 5.11 Å². The van der Waals surface area contributed by atoms with Gasteiger partial charge in [0.15, 0.2) is 5.69 Å². The van der Waals surface area contributed by atoms with Gasteiger partial charge in [-0.05, 0) is 12.1 Å². The third kappa shape index (κ3) is 4.86. The molecule has 1 aromatic heterocycles. The van der Waals surface area contributed by atoms with E-state index in [1.807, 2.05) is 0 Å².